The van der Waals surface area contributed by atoms with Gasteiger partial charge in [0.25, 0.3) is 0 Å². The van der Waals surface area contributed by atoms with E-state index < -0.39 is 0 Å². The van der Waals surface area contributed by atoms with E-state index in [2.05, 4.69) is 5.32 Å². The van der Waals surface area contributed by atoms with E-state index in [1.807, 2.05) is 53.8 Å². The highest BCUT2D eigenvalue weighted by Crippen LogP contribution is 2.21. The Hall–Kier alpha value is -1.19. The molecule has 0 aliphatic rings. The molecule has 1 rings (SSSR count). The quantitative estimate of drug-likeness (QED) is 0.804. The van der Waals surface area contributed by atoms with Gasteiger partial charge in [-0.1, -0.05) is 39.8 Å². The van der Waals surface area contributed by atoms with Crippen LogP contribution in [0.2, 0.25) is 0 Å². The molecule has 0 saturated heterocycles. The molecule has 0 saturated carbocycles. The predicted molar refractivity (Wildman–Crippen MR) is 82.4 cm³/mol. The third-order valence-corrected chi connectivity index (χ3v) is 3.07. The molecule has 0 spiro atoms. The van der Waals surface area contributed by atoms with Crippen LogP contribution in [0.25, 0.3) is 0 Å². The zero-order chi connectivity index (χ0) is 15.0. The van der Waals surface area contributed by atoms with E-state index in [4.69, 9.17) is 5.73 Å². The number of ketones is 1. The molecule has 3 heteroatoms. The lowest BCUT2D eigenvalue weighted by Gasteiger charge is -2.15. The highest BCUT2D eigenvalue weighted by molar-refractivity contribution is 5.99. The molecular weight excluding hydrogens is 236 g/mol. The first-order chi connectivity index (χ1) is 9.02. The fourth-order valence-electron chi connectivity index (χ4n) is 1.99. The summed E-state index contributed by atoms with van der Waals surface area (Å²) in [7, 11) is 1.91. The number of nitrogens with one attached hydrogen (secondary N) is 1. The largest absolute Gasteiger partial charge is 0.326 e. The highest BCUT2D eigenvalue weighted by atomic mass is 16.1. The molecular formula is C16H28N2O. The summed E-state index contributed by atoms with van der Waals surface area (Å²) in [5.74, 6) is 0.180. The molecule has 0 heterocycles. The zero-order valence-corrected chi connectivity index (χ0v) is 13.1. The van der Waals surface area contributed by atoms with Crippen LogP contribution < -0.4 is 11.1 Å². The van der Waals surface area contributed by atoms with E-state index in [1.54, 1.807) is 0 Å². The van der Waals surface area contributed by atoms with E-state index in [0.29, 0.717) is 6.54 Å². The molecule has 0 unspecified atom stereocenters. The summed E-state index contributed by atoms with van der Waals surface area (Å²) in [6, 6.07) is 3.92. The molecule has 3 N–H and O–H groups in total. The lowest BCUT2D eigenvalue weighted by atomic mass is 9.91. The van der Waals surface area contributed by atoms with Gasteiger partial charge in [-0.05, 0) is 30.7 Å². The van der Waals surface area contributed by atoms with Crippen molar-refractivity contribution >= 4 is 5.78 Å². The molecule has 0 aromatic heterocycles. The highest BCUT2D eigenvalue weighted by Gasteiger charge is 2.16. The third kappa shape index (κ3) is 4.44. The monoisotopic (exact) mass is 264 g/mol. The number of hydrogen-bond donors (Lipinski definition) is 2. The lowest BCUT2D eigenvalue weighted by Crippen LogP contribution is -2.16. The number of benzene rings is 1. The van der Waals surface area contributed by atoms with Gasteiger partial charge >= 0.3 is 0 Å². The number of rotatable bonds is 5. The first kappa shape index (κ1) is 17.8. The summed E-state index contributed by atoms with van der Waals surface area (Å²) >= 11 is 0. The van der Waals surface area contributed by atoms with Crippen LogP contribution in [0.15, 0.2) is 12.1 Å². The third-order valence-electron chi connectivity index (χ3n) is 3.07. The lowest BCUT2D eigenvalue weighted by molar-refractivity contribution is 0.0938. The Kier molecular flexibility index (Phi) is 8.28. The van der Waals surface area contributed by atoms with Crippen molar-refractivity contribution in [1.29, 1.82) is 0 Å². The summed E-state index contributed by atoms with van der Waals surface area (Å²) in [5, 5.41) is 3.12. The molecule has 1 aromatic rings. The van der Waals surface area contributed by atoms with Gasteiger partial charge in [0, 0.05) is 24.6 Å². The van der Waals surface area contributed by atoms with Gasteiger partial charge in [-0.3, -0.25) is 4.79 Å². The van der Waals surface area contributed by atoms with Crippen LogP contribution in [-0.2, 0) is 13.1 Å². The fraction of sp³-hybridized carbons (Fsp3) is 0.562. The maximum Gasteiger partial charge on any atom is 0.165 e. The SMILES string of the molecule is CC.CNCc1ccc(C(=O)C(C)C)c(CN)c1C. The van der Waals surface area contributed by atoms with Crippen LogP contribution in [0, 0.1) is 12.8 Å². The molecule has 0 aliphatic heterocycles. The second kappa shape index (κ2) is 8.83. The molecule has 0 radical (unpaired) electrons. The maximum atomic E-state index is 12.1. The van der Waals surface area contributed by atoms with E-state index in [0.717, 1.165) is 23.2 Å². The van der Waals surface area contributed by atoms with Crippen molar-refractivity contribution in [1.82, 2.24) is 5.32 Å². The number of Topliss-reactive ketones (excluding diaryl/α,β-unsaturated/α-hetero) is 1. The van der Waals surface area contributed by atoms with E-state index >= 15 is 0 Å². The van der Waals surface area contributed by atoms with Crippen LogP contribution in [-0.4, -0.2) is 12.8 Å². The summed E-state index contributed by atoms with van der Waals surface area (Å²) in [4.78, 5) is 12.1. The molecule has 0 amide bonds. The Balaban J connectivity index is 0.00000154. The van der Waals surface area contributed by atoms with Crippen molar-refractivity contribution in [2.24, 2.45) is 11.7 Å². The normalized spacial score (nSPS) is 10.1. The molecule has 19 heavy (non-hydrogen) atoms. The second-order valence-electron chi connectivity index (χ2n) is 4.63. The Morgan fingerprint density at radius 2 is 1.89 bits per heavy atom. The average molecular weight is 264 g/mol. The Morgan fingerprint density at radius 1 is 1.32 bits per heavy atom. The molecule has 3 nitrogen and oxygen atoms in total. The predicted octanol–water partition coefficient (Wildman–Crippen LogP) is 3.04. The number of carbonyl (C=O) groups is 1. The van der Waals surface area contributed by atoms with Gasteiger partial charge < -0.3 is 11.1 Å². The van der Waals surface area contributed by atoms with E-state index in [9.17, 15) is 4.79 Å². The smallest absolute Gasteiger partial charge is 0.165 e. The summed E-state index contributed by atoms with van der Waals surface area (Å²) in [6.45, 7) is 11.1. The van der Waals surface area contributed by atoms with Crippen molar-refractivity contribution < 1.29 is 4.79 Å². The van der Waals surface area contributed by atoms with Crippen molar-refractivity contribution in [3.8, 4) is 0 Å². The summed E-state index contributed by atoms with van der Waals surface area (Å²) < 4.78 is 0. The van der Waals surface area contributed by atoms with Gasteiger partial charge in [-0.15, -0.1) is 0 Å². The van der Waals surface area contributed by atoms with Crippen molar-refractivity contribution in [2.75, 3.05) is 7.05 Å². The molecule has 0 bridgehead atoms. The van der Waals surface area contributed by atoms with Crippen LogP contribution >= 0.6 is 0 Å². The van der Waals surface area contributed by atoms with Gasteiger partial charge in [0.15, 0.2) is 5.78 Å². The van der Waals surface area contributed by atoms with Gasteiger partial charge in [0.2, 0.25) is 0 Å². The number of carbonyl (C=O) groups excluding carboxylic acids is 1. The van der Waals surface area contributed by atoms with Gasteiger partial charge in [-0.2, -0.15) is 0 Å². The van der Waals surface area contributed by atoms with Crippen LogP contribution in [0.5, 0.6) is 0 Å². The van der Waals surface area contributed by atoms with Crippen molar-refractivity contribution in [3.63, 3.8) is 0 Å². The minimum absolute atomic E-state index is 0.00912. The Morgan fingerprint density at radius 3 is 2.32 bits per heavy atom. The van der Waals surface area contributed by atoms with Crippen LogP contribution in [0.4, 0.5) is 0 Å². The molecule has 0 aliphatic carbocycles. The minimum atomic E-state index is 0.00912. The molecule has 1 aromatic carbocycles. The number of hydrogen-bond acceptors (Lipinski definition) is 3. The standard InChI is InChI=1S/C14H22N2O.C2H6/c1-9(2)14(17)12-6-5-11(8-16-4)10(3)13(12)7-15;1-2/h5-6,9,16H,7-8,15H2,1-4H3;1-2H3. The Bertz CT molecular complexity index is 411. The average Bonchev–Trinajstić information content (AvgIpc) is 2.42. The first-order valence-electron chi connectivity index (χ1n) is 7.03. The molecule has 0 atom stereocenters. The van der Waals surface area contributed by atoms with E-state index in [1.165, 1.54) is 5.56 Å². The van der Waals surface area contributed by atoms with E-state index in [-0.39, 0.29) is 11.7 Å². The van der Waals surface area contributed by atoms with Crippen molar-refractivity contribution in [3.05, 3.63) is 34.4 Å². The zero-order valence-electron chi connectivity index (χ0n) is 13.1. The molecule has 0 fully saturated rings. The second-order valence-corrected chi connectivity index (χ2v) is 4.63. The van der Waals surface area contributed by atoms with Gasteiger partial charge in [0.1, 0.15) is 0 Å². The fourth-order valence-corrected chi connectivity index (χ4v) is 1.99. The Labute approximate surface area is 117 Å². The van der Waals surface area contributed by atoms with Gasteiger partial charge in [0.05, 0.1) is 0 Å². The molecule has 108 valence electrons. The first-order valence-corrected chi connectivity index (χ1v) is 7.03. The van der Waals surface area contributed by atoms with Crippen LogP contribution in [0.3, 0.4) is 0 Å². The number of nitrogens with two attached hydrogens (primary N) is 1. The van der Waals surface area contributed by atoms with Gasteiger partial charge in [-0.25, -0.2) is 0 Å². The van der Waals surface area contributed by atoms with Crippen molar-refractivity contribution in [2.45, 2.75) is 47.7 Å². The van der Waals surface area contributed by atoms with Crippen LogP contribution in [0.1, 0.15) is 54.7 Å². The maximum absolute atomic E-state index is 12.1. The topological polar surface area (TPSA) is 55.1 Å². The summed E-state index contributed by atoms with van der Waals surface area (Å²) in [5.41, 5.74) is 9.88. The minimum Gasteiger partial charge on any atom is -0.326 e. The summed E-state index contributed by atoms with van der Waals surface area (Å²) in [6.07, 6.45) is 0.